The van der Waals surface area contributed by atoms with Gasteiger partial charge in [0.1, 0.15) is 29.9 Å². The van der Waals surface area contributed by atoms with Crippen molar-refractivity contribution in [2.45, 2.75) is 44.2 Å². The first-order valence-electron chi connectivity index (χ1n) is 18.1. The minimum Gasteiger partial charge on any atom is -0.494 e. The number of hydrogen-bond donors (Lipinski definition) is 2. The molecule has 1 aliphatic carbocycles. The van der Waals surface area contributed by atoms with Gasteiger partial charge in [-0.2, -0.15) is 10.1 Å². The van der Waals surface area contributed by atoms with Gasteiger partial charge in [0, 0.05) is 74.3 Å². The Morgan fingerprint density at radius 1 is 0.943 bits per heavy atom. The molecule has 15 heteroatoms. The van der Waals surface area contributed by atoms with Crippen LogP contribution in [0.2, 0.25) is 0 Å². The molecule has 0 bridgehead atoms. The van der Waals surface area contributed by atoms with Crippen molar-refractivity contribution in [3.8, 4) is 16.9 Å². The first-order valence-corrected chi connectivity index (χ1v) is 21.5. The Morgan fingerprint density at radius 3 is 2.36 bits per heavy atom. The van der Waals surface area contributed by atoms with E-state index in [1.165, 1.54) is 0 Å². The predicted octanol–water partition coefficient (Wildman–Crippen LogP) is 7.51. The molecule has 2 aromatic carbocycles. The fourth-order valence-electron chi connectivity index (χ4n) is 7.92. The van der Waals surface area contributed by atoms with E-state index in [4.69, 9.17) is 9.72 Å². The molecule has 53 heavy (non-hydrogen) atoms. The average Bonchev–Trinajstić information content (AvgIpc) is 3.71. The number of piperidine rings is 2. The lowest BCUT2D eigenvalue weighted by atomic mass is 9.71. The van der Waals surface area contributed by atoms with Crippen LogP contribution in [-0.2, 0) is 11.6 Å². The highest BCUT2D eigenvalue weighted by atomic mass is 79.9. The molecule has 3 aliphatic rings. The van der Waals surface area contributed by atoms with Crippen LogP contribution in [0.5, 0.6) is 5.75 Å². The number of methoxy groups -OCH3 is 1. The molecule has 5 heterocycles. The Balaban J connectivity index is 1.06. The number of ether oxygens (including phenoxy) is 1. The Bertz CT molecular complexity index is 2200. The highest BCUT2D eigenvalue weighted by molar-refractivity contribution is 9.10. The molecule has 2 N–H and O–H groups in total. The van der Waals surface area contributed by atoms with Crippen LogP contribution in [0.15, 0.2) is 59.7 Å². The zero-order chi connectivity index (χ0) is 37.0. The lowest BCUT2D eigenvalue weighted by molar-refractivity contribution is 0.0607. The summed E-state index contributed by atoms with van der Waals surface area (Å²) >= 11 is 3.60. The summed E-state index contributed by atoms with van der Waals surface area (Å²) in [6, 6.07) is 7.90. The van der Waals surface area contributed by atoms with Gasteiger partial charge < -0.3 is 29.7 Å². The number of nitrogens with zero attached hydrogens (tertiary/aromatic N) is 8. The van der Waals surface area contributed by atoms with Gasteiger partial charge in [-0.15, -0.1) is 0 Å². The second-order valence-corrected chi connectivity index (χ2v) is 19.3. The molecule has 3 aromatic heterocycles. The van der Waals surface area contributed by atoms with Gasteiger partial charge >= 0.3 is 0 Å². The molecular formula is C38H45BrFN10O2P. The van der Waals surface area contributed by atoms with Gasteiger partial charge in [-0.25, -0.2) is 9.37 Å². The second kappa shape index (κ2) is 13.9. The van der Waals surface area contributed by atoms with Crippen LogP contribution in [0.4, 0.5) is 33.2 Å². The summed E-state index contributed by atoms with van der Waals surface area (Å²) in [7, 11) is 0.812. The van der Waals surface area contributed by atoms with Crippen molar-refractivity contribution in [2.75, 3.05) is 68.7 Å². The lowest BCUT2D eigenvalue weighted by Gasteiger charge is -2.48. The van der Waals surface area contributed by atoms with Crippen molar-refractivity contribution in [3.05, 3.63) is 59.7 Å². The maximum atomic E-state index is 14.5. The summed E-state index contributed by atoms with van der Waals surface area (Å²) in [5.74, 6) is 1.51. The Morgan fingerprint density at radius 2 is 1.68 bits per heavy atom. The zero-order valence-electron chi connectivity index (χ0n) is 30.6. The maximum absolute atomic E-state index is 14.5. The second-order valence-electron chi connectivity index (χ2n) is 15.3. The van der Waals surface area contributed by atoms with E-state index in [9.17, 15) is 8.96 Å². The fraction of sp³-hybridized carbons (Fsp3) is 0.447. The van der Waals surface area contributed by atoms with Crippen molar-refractivity contribution < 1.29 is 13.7 Å². The van der Waals surface area contributed by atoms with E-state index in [1.807, 2.05) is 36.3 Å². The first-order chi connectivity index (χ1) is 25.4. The summed E-state index contributed by atoms with van der Waals surface area (Å²) in [5.41, 5.74) is 5.13. The molecule has 5 aromatic rings. The summed E-state index contributed by atoms with van der Waals surface area (Å²) < 4.78 is 36.4. The third kappa shape index (κ3) is 7.50. The molecule has 12 nitrogen and oxygen atoms in total. The third-order valence-corrected chi connectivity index (χ3v) is 13.2. The van der Waals surface area contributed by atoms with E-state index < -0.39 is 12.8 Å². The topological polar surface area (TPSA) is 126 Å². The van der Waals surface area contributed by atoms with Crippen LogP contribution in [0.1, 0.15) is 38.5 Å². The standard InChI is InChI=1S/C38H45BrFN10O2P/c1-48-23-25(21-44-48)26-19-30(32(52-2)20-31(26)50-17-11-37(12-18-50)9-15-49(16-10-37)24-38(40)7-8-38)46-36-43-22-27(39)35(47-36)45-29-6-5-28-33(42-14-13-41-28)34(29)53(3,4)51/h5-6,13-14,19-23H,7-12,15-18,24H2,1-4H3,(H2,43,45,46,47). The van der Waals surface area contributed by atoms with Gasteiger partial charge in [-0.3, -0.25) is 14.6 Å². The number of anilines is 5. The van der Waals surface area contributed by atoms with Gasteiger partial charge in [0.05, 0.1) is 40.0 Å². The molecule has 3 fully saturated rings. The summed E-state index contributed by atoms with van der Waals surface area (Å²) in [5, 5.41) is 11.9. The number of nitrogens with one attached hydrogen (secondary N) is 2. The van der Waals surface area contributed by atoms with Crippen molar-refractivity contribution in [2.24, 2.45) is 12.5 Å². The SMILES string of the molecule is COc1cc(N2CCC3(CCN(CC4(F)CC4)CC3)CC2)c(-c2cnn(C)c2)cc1Nc1ncc(Br)c(Nc2ccc3nccnc3c2P(C)(C)=O)n1. The molecule has 1 spiro atoms. The van der Waals surface area contributed by atoms with E-state index in [2.05, 4.69) is 68.5 Å². The minimum absolute atomic E-state index is 0.316. The van der Waals surface area contributed by atoms with Gasteiger partial charge in [0.15, 0.2) is 0 Å². The van der Waals surface area contributed by atoms with E-state index in [0.29, 0.717) is 61.7 Å². The molecule has 8 rings (SSSR count). The summed E-state index contributed by atoms with van der Waals surface area (Å²) in [6.45, 7) is 7.91. The molecule has 0 atom stereocenters. The molecule has 0 radical (unpaired) electrons. The smallest absolute Gasteiger partial charge is 0.229 e. The summed E-state index contributed by atoms with van der Waals surface area (Å²) in [6.07, 6.45) is 14.8. The van der Waals surface area contributed by atoms with Crippen LogP contribution >= 0.6 is 23.1 Å². The molecular weight excluding hydrogens is 758 g/mol. The monoisotopic (exact) mass is 802 g/mol. The number of likely N-dealkylation sites (tertiary alicyclic amines) is 1. The molecule has 0 unspecified atom stereocenters. The predicted molar refractivity (Wildman–Crippen MR) is 213 cm³/mol. The molecule has 2 saturated heterocycles. The number of fused-ring (bicyclic) bond motifs is 1. The number of halogens is 2. The fourth-order valence-corrected chi connectivity index (χ4v) is 9.60. The Hall–Kier alpha value is -4.13. The van der Waals surface area contributed by atoms with Crippen LogP contribution in [-0.4, -0.2) is 93.4 Å². The highest BCUT2D eigenvalue weighted by Gasteiger charge is 2.46. The van der Waals surface area contributed by atoms with Crippen molar-refractivity contribution >= 4 is 68.2 Å². The van der Waals surface area contributed by atoms with E-state index in [1.54, 1.807) is 39.0 Å². The molecule has 1 saturated carbocycles. The van der Waals surface area contributed by atoms with Crippen LogP contribution < -0.4 is 25.6 Å². The first kappa shape index (κ1) is 35.9. The largest absolute Gasteiger partial charge is 0.494 e. The molecule has 0 amide bonds. The van der Waals surface area contributed by atoms with Crippen LogP contribution in [0, 0.1) is 5.41 Å². The van der Waals surface area contributed by atoms with Crippen molar-refractivity contribution in [3.63, 3.8) is 0 Å². The number of hydrogen-bond acceptors (Lipinski definition) is 11. The quantitative estimate of drug-likeness (QED) is 0.136. The van der Waals surface area contributed by atoms with Crippen molar-refractivity contribution in [1.29, 1.82) is 0 Å². The minimum atomic E-state index is -2.78. The van der Waals surface area contributed by atoms with Gasteiger partial charge in [-0.1, -0.05) is 0 Å². The van der Waals surface area contributed by atoms with E-state index >= 15 is 0 Å². The number of alkyl halides is 1. The van der Waals surface area contributed by atoms with Gasteiger partial charge in [0.25, 0.3) is 0 Å². The highest BCUT2D eigenvalue weighted by Crippen LogP contribution is 2.48. The zero-order valence-corrected chi connectivity index (χ0v) is 33.1. The van der Waals surface area contributed by atoms with Crippen LogP contribution in [0.3, 0.4) is 0 Å². The van der Waals surface area contributed by atoms with Gasteiger partial charge in [-0.05, 0) is 104 Å². The number of rotatable bonds is 10. The van der Waals surface area contributed by atoms with Crippen LogP contribution in [0.25, 0.3) is 22.2 Å². The van der Waals surface area contributed by atoms with Gasteiger partial charge in [0.2, 0.25) is 5.95 Å². The Labute approximate surface area is 317 Å². The number of aryl methyl sites for hydroxylation is 1. The number of aromatic nitrogens is 6. The number of benzene rings is 2. The molecule has 278 valence electrons. The maximum Gasteiger partial charge on any atom is 0.229 e. The lowest BCUT2D eigenvalue weighted by Crippen LogP contribution is -2.48. The normalized spacial score (nSPS) is 18.3. The average molecular weight is 804 g/mol. The molecule has 2 aliphatic heterocycles. The van der Waals surface area contributed by atoms with E-state index in [-0.39, 0.29) is 0 Å². The summed E-state index contributed by atoms with van der Waals surface area (Å²) in [4.78, 5) is 23.1. The van der Waals surface area contributed by atoms with Crippen molar-refractivity contribution in [1.82, 2.24) is 34.6 Å². The third-order valence-electron chi connectivity index (χ3n) is 11.1. The Kier molecular flexibility index (Phi) is 9.43. The van der Waals surface area contributed by atoms with E-state index in [0.717, 1.165) is 81.5 Å².